The Morgan fingerprint density at radius 3 is 2.88 bits per heavy atom. The average molecular weight is 227 g/mol. The number of hydrogen-bond acceptors (Lipinski definition) is 3. The van der Waals surface area contributed by atoms with Gasteiger partial charge in [0.1, 0.15) is 0 Å². The van der Waals surface area contributed by atoms with Gasteiger partial charge in [-0.1, -0.05) is 25.1 Å². The van der Waals surface area contributed by atoms with E-state index in [1.165, 1.54) is 24.1 Å². The lowest BCUT2D eigenvalue weighted by molar-refractivity contribution is 1.03. The summed E-state index contributed by atoms with van der Waals surface area (Å²) in [6.07, 6.45) is 3.52. The molecule has 0 saturated heterocycles. The molecule has 0 radical (unpaired) electrons. The molecule has 1 fully saturated rings. The van der Waals surface area contributed by atoms with E-state index in [0.717, 1.165) is 23.0 Å². The summed E-state index contributed by atoms with van der Waals surface area (Å²) < 4.78 is 0. The van der Waals surface area contributed by atoms with Crippen molar-refractivity contribution in [3.05, 3.63) is 35.5 Å². The van der Waals surface area contributed by atoms with Crippen LogP contribution in [0.1, 0.15) is 36.9 Å². The number of aryl methyl sites for hydroxylation is 1. The summed E-state index contributed by atoms with van der Waals surface area (Å²) in [5.74, 6) is 6.27. The molecular formula is C14H17N3. The number of nitrogens with zero attached hydrogens (tertiary/aromatic N) is 1. The molecule has 3 rings (SSSR count). The Bertz CT molecular complexity index is 559. The van der Waals surface area contributed by atoms with E-state index in [-0.39, 0.29) is 0 Å². The van der Waals surface area contributed by atoms with Crippen LogP contribution in [0.3, 0.4) is 0 Å². The van der Waals surface area contributed by atoms with Gasteiger partial charge >= 0.3 is 0 Å². The third kappa shape index (κ3) is 1.76. The van der Waals surface area contributed by atoms with Crippen molar-refractivity contribution in [3.8, 4) is 0 Å². The molecule has 0 bridgehead atoms. The monoisotopic (exact) mass is 227 g/mol. The predicted molar refractivity (Wildman–Crippen MR) is 70.9 cm³/mol. The number of fused-ring (bicyclic) bond motifs is 1. The van der Waals surface area contributed by atoms with Crippen LogP contribution in [0.15, 0.2) is 24.3 Å². The first-order valence-corrected chi connectivity index (χ1v) is 6.22. The van der Waals surface area contributed by atoms with Crippen LogP contribution in [-0.2, 0) is 6.42 Å². The molecule has 0 amide bonds. The second-order valence-electron chi connectivity index (χ2n) is 4.68. The number of benzene rings is 1. The number of hydrogen-bond donors (Lipinski definition) is 2. The maximum Gasteiger partial charge on any atom is 0.0758 e. The van der Waals surface area contributed by atoms with Crippen molar-refractivity contribution in [3.63, 3.8) is 0 Å². The number of nitrogens with two attached hydrogens (primary N) is 1. The smallest absolute Gasteiger partial charge is 0.0758 e. The summed E-state index contributed by atoms with van der Waals surface area (Å²) >= 11 is 0. The van der Waals surface area contributed by atoms with Gasteiger partial charge in [0.05, 0.1) is 11.2 Å². The first kappa shape index (κ1) is 10.5. The van der Waals surface area contributed by atoms with Crippen LogP contribution in [0.5, 0.6) is 0 Å². The van der Waals surface area contributed by atoms with Crippen LogP contribution in [0, 0.1) is 0 Å². The Hall–Kier alpha value is -1.61. The number of anilines is 1. The lowest BCUT2D eigenvalue weighted by Gasteiger charge is -2.11. The molecule has 1 aliphatic rings. The van der Waals surface area contributed by atoms with Crippen LogP contribution >= 0.6 is 0 Å². The van der Waals surface area contributed by atoms with Gasteiger partial charge in [-0.25, -0.2) is 0 Å². The Balaban J connectivity index is 2.28. The van der Waals surface area contributed by atoms with Crippen molar-refractivity contribution in [1.82, 2.24) is 4.98 Å². The quantitative estimate of drug-likeness (QED) is 0.626. The predicted octanol–water partition coefficient (Wildman–Crippen LogP) is 2.96. The van der Waals surface area contributed by atoms with Gasteiger partial charge in [0, 0.05) is 17.0 Å². The van der Waals surface area contributed by atoms with E-state index in [1.807, 2.05) is 0 Å². The number of para-hydroxylation sites is 1. The van der Waals surface area contributed by atoms with Crippen LogP contribution < -0.4 is 11.3 Å². The molecule has 1 saturated carbocycles. The molecule has 1 aromatic heterocycles. The van der Waals surface area contributed by atoms with Crippen LogP contribution in [0.2, 0.25) is 0 Å². The Labute approximate surface area is 101 Å². The average Bonchev–Trinajstić information content (AvgIpc) is 3.20. The van der Waals surface area contributed by atoms with E-state index >= 15 is 0 Å². The molecule has 0 spiro atoms. The molecule has 3 N–H and O–H groups in total. The fraction of sp³-hybridized carbons (Fsp3) is 0.357. The van der Waals surface area contributed by atoms with Gasteiger partial charge in [0.15, 0.2) is 0 Å². The lowest BCUT2D eigenvalue weighted by Crippen LogP contribution is -2.08. The standard InChI is InChI=1S/C14H17N3/c1-2-9-4-3-5-11-13(17-15)8-12(10-6-7-10)16-14(9)11/h3-5,8,10H,2,6-7,15H2,1H3,(H,16,17). The highest BCUT2D eigenvalue weighted by Crippen LogP contribution is 2.41. The van der Waals surface area contributed by atoms with Gasteiger partial charge in [0.25, 0.3) is 0 Å². The minimum Gasteiger partial charge on any atom is -0.323 e. The van der Waals surface area contributed by atoms with Crippen molar-refractivity contribution in [1.29, 1.82) is 0 Å². The molecule has 1 aliphatic carbocycles. The fourth-order valence-electron chi connectivity index (χ4n) is 2.32. The van der Waals surface area contributed by atoms with Gasteiger partial charge in [-0.3, -0.25) is 10.8 Å². The van der Waals surface area contributed by atoms with Crippen LogP contribution in [0.4, 0.5) is 5.69 Å². The second-order valence-corrected chi connectivity index (χ2v) is 4.68. The molecule has 1 aromatic carbocycles. The zero-order valence-corrected chi connectivity index (χ0v) is 10.0. The maximum absolute atomic E-state index is 5.62. The highest BCUT2D eigenvalue weighted by molar-refractivity contribution is 5.93. The first-order valence-electron chi connectivity index (χ1n) is 6.22. The Morgan fingerprint density at radius 2 is 2.24 bits per heavy atom. The summed E-state index contributed by atoms with van der Waals surface area (Å²) in [5.41, 5.74) is 7.38. The molecule has 88 valence electrons. The normalized spacial score (nSPS) is 15.2. The Kier molecular flexibility index (Phi) is 2.48. The minimum absolute atomic E-state index is 0.649. The molecule has 2 aromatic rings. The highest BCUT2D eigenvalue weighted by Gasteiger charge is 2.26. The van der Waals surface area contributed by atoms with E-state index in [0.29, 0.717) is 5.92 Å². The van der Waals surface area contributed by atoms with Crippen molar-refractivity contribution < 1.29 is 0 Å². The molecule has 3 heteroatoms. The molecule has 1 heterocycles. The summed E-state index contributed by atoms with van der Waals surface area (Å²) in [4.78, 5) is 4.82. The Morgan fingerprint density at radius 1 is 1.41 bits per heavy atom. The largest absolute Gasteiger partial charge is 0.323 e. The second kappa shape index (κ2) is 4.00. The molecule has 0 atom stereocenters. The van der Waals surface area contributed by atoms with Crippen molar-refractivity contribution in [2.75, 3.05) is 5.43 Å². The third-order valence-electron chi connectivity index (χ3n) is 3.47. The number of pyridine rings is 1. The zero-order chi connectivity index (χ0) is 11.8. The van der Waals surface area contributed by atoms with E-state index in [9.17, 15) is 0 Å². The molecule has 0 unspecified atom stereocenters. The van der Waals surface area contributed by atoms with Crippen LogP contribution in [-0.4, -0.2) is 4.98 Å². The SMILES string of the molecule is CCc1cccc2c(NN)cc(C3CC3)nc12. The lowest BCUT2D eigenvalue weighted by atomic mass is 10.0. The number of hydrazine groups is 1. The number of aromatic nitrogens is 1. The minimum atomic E-state index is 0.649. The molecule has 3 nitrogen and oxygen atoms in total. The van der Waals surface area contributed by atoms with E-state index in [4.69, 9.17) is 10.8 Å². The summed E-state index contributed by atoms with van der Waals surface area (Å²) in [5, 5.41) is 1.12. The number of nitrogens with one attached hydrogen (secondary N) is 1. The van der Waals surface area contributed by atoms with Gasteiger partial charge < -0.3 is 5.43 Å². The number of nitrogen functional groups attached to an aromatic ring is 1. The van der Waals surface area contributed by atoms with Crippen molar-refractivity contribution >= 4 is 16.6 Å². The maximum atomic E-state index is 5.62. The molecule has 17 heavy (non-hydrogen) atoms. The van der Waals surface area contributed by atoms with E-state index in [1.54, 1.807) is 0 Å². The van der Waals surface area contributed by atoms with E-state index in [2.05, 4.69) is 36.6 Å². The van der Waals surface area contributed by atoms with Gasteiger partial charge in [0.2, 0.25) is 0 Å². The summed E-state index contributed by atoms with van der Waals surface area (Å²) in [6.45, 7) is 2.16. The topological polar surface area (TPSA) is 50.9 Å². The van der Waals surface area contributed by atoms with Crippen molar-refractivity contribution in [2.45, 2.75) is 32.1 Å². The van der Waals surface area contributed by atoms with Gasteiger partial charge in [-0.05, 0) is 30.9 Å². The number of rotatable bonds is 3. The molecule has 0 aliphatic heterocycles. The van der Waals surface area contributed by atoms with Crippen molar-refractivity contribution in [2.24, 2.45) is 5.84 Å². The highest BCUT2D eigenvalue weighted by atomic mass is 15.2. The summed E-state index contributed by atoms with van der Waals surface area (Å²) in [6, 6.07) is 8.39. The molecular weight excluding hydrogens is 210 g/mol. The van der Waals surface area contributed by atoms with Gasteiger partial charge in [-0.2, -0.15) is 0 Å². The third-order valence-corrected chi connectivity index (χ3v) is 3.47. The summed E-state index contributed by atoms with van der Waals surface area (Å²) in [7, 11) is 0. The van der Waals surface area contributed by atoms with Gasteiger partial charge in [-0.15, -0.1) is 0 Å². The van der Waals surface area contributed by atoms with E-state index < -0.39 is 0 Å². The first-order chi connectivity index (χ1) is 8.33. The zero-order valence-electron chi connectivity index (χ0n) is 10.0. The van der Waals surface area contributed by atoms with Crippen LogP contribution in [0.25, 0.3) is 10.9 Å². The fourth-order valence-corrected chi connectivity index (χ4v) is 2.32.